The average molecular weight is 463 g/mol. The maximum absolute atomic E-state index is 13.4. The van der Waals surface area contributed by atoms with E-state index in [0.29, 0.717) is 18.7 Å². The molecule has 3 unspecified atom stereocenters. The number of allylic oxidation sites excluding steroid dienone is 2. The van der Waals surface area contributed by atoms with Gasteiger partial charge in [-0.3, -0.25) is 9.59 Å². The Morgan fingerprint density at radius 1 is 1.27 bits per heavy atom. The molecule has 7 nitrogen and oxygen atoms in total. The molecule has 33 heavy (non-hydrogen) atoms. The van der Waals surface area contributed by atoms with Crippen LogP contribution < -0.4 is 5.32 Å². The summed E-state index contributed by atoms with van der Waals surface area (Å²) in [5.41, 5.74) is 6.68. The van der Waals surface area contributed by atoms with Crippen molar-refractivity contribution in [2.75, 3.05) is 0 Å². The van der Waals surface area contributed by atoms with Crippen molar-refractivity contribution in [2.24, 2.45) is 5.92 Å². The molecular weight excluding hydrogens is 436 g/mol. The first-order valence-electron chi connectivity index (χ1n) is 11.2. The van der Waals surface area contributed by atoms with Crippen LogP contribution in [-0.4, -0.2) is 32.9 Å². The normalized spacial score (nSPS) is 22.3. The largest absolute Gasteiger partial charge is 0.360 e. The standard InChI is InChI=1S/C25H26N4O3S/c1-14-10-19-8-9-20(29(19)25(31)22(14)21-11-15(2)28-32-21)24(30)26-12-17-4-6-18(7-5-17)23-16(3)27-13-33-23/h4-7,10-11,13-14,20,22H,8-9,12H2,1-3H3,(H,26,30). The summed E-state index contributed by atoms with van der Waals surface area (Å²) < 4.78 is 5.41. The Morgan fingerprint density at radius 3 is 2.73 bits per heavy atom. The Bertz CT molecular complexity index is 1230. The maximum atomic E-state index is 13.4. The van der Waals surface area contributed by atoms with Gasteiger partial charge in [0, 0.05) is 18.3 Å². The lowest BCUT2D eigenvalue weighted by molar-refractivity contribution is -0.139. The minimum absolute atomic E-state index is 0.00129. The highest BCUT2D eigenvalue weighted by Gasteiger charge is 2.46. The van der Waals surface area contributed by atoms with Crippen LogP contribution in [0.3, 0.4) is 0 Å². The molecule has 1 saturated heterocycles. The molecule has 8 heteroatoms. The van der Waals surface area contributed by atoms with Gasteiger partial charge in [-0.15, -0.1) is 11.3 Å². The van der Waals surface area contributed by atoms with E-state index >= 15 is 0 Å². The van der Waals surface area contributed by atoms with E-state index in [9.17, 15) is 9.59 Å². The lowest BCUT2D eigenvalue weighted by atomic mass is 9.86. The Morgan fingerprint density at radius 2 is 2.06 bits per heavy atom. The Hall–Kier alpha value is -3.26. The fraction of sp³-hybridized carbons (Fsp3) is 0.360. The van der Waals surface area contributed by atoms with Crippen molar-refractivity contribution in [3.63, 3.8) is 0 Å². The van der Waals surface area contributed by atoms with Gasteiger partial charge in [-0.05, 0) is 43.7 Å². The minimum Gasteiger partial charge on any atom is -0.360 e. The molecule has 3 atom stereocenters. The van der Waals surface area contributed by atoms with Gasteiger partial charge in [0.1, 0.15) is 17.7 Å². The first-order chi connectivity index (χ1) is 15.9. The lowest BCUT2D eigenvalue weighted by Crippen LogP contribution is -2.48. The summed E-state index contributed by atoms with van der Waals surface area (Å²) >= 11 is 1.62. The van der Waals surface area contributed by atoms with Crippen molar-refractivity contribution >= 4 is 23.2 Å². The zero-order valence-corrected chi connectivity index (χ0v) is 19.7. The van der Waals surface area contributed by atoms with E-state index in [2.05, 4.69) is 33.7 Å². The second-order valence-corrected chi connectivity index (χ2v) is 9.66. The topological polar surface area (TPSA) is 88.3 Å². The number of nitrogens with one attached hydrogen (secondary N) is 1. The molecule has 0 spiro atoms. The first kappa shape index (κ1) is 21.6. The molecule has 2 amide bonds. The first-order valence-corrected chi connectivity index (χ1v) is 12.0. The predicted octanol–water partition coefficient (Wildman–Crippen LogP) is 4.34. The maximum Gasteiger partial charge on any atom is 0.243 e. The Balaban J connectivity index is 1.27. The molecule has 0 saturated carbocycles. The quantitative estimate of drug-likeness (QED) is 0.609. The van der Waals surface area contributed by atoms with Crippen molar-refractivity contribution in [3.8, 4) is 10.4 Å². The van der Waals surface area contributed by atoms with Crippen LogP contribution in [0.5, 0.6) is 0 Å². The zero-order valence-electron chi connectivity index (χ0n) is 18.9. The monoisotopic (exact) mass is 462 g/mol. The number of aromatic nitrogens is 2. The van der Waals surface area contributed by atoms with Gasteiger partial charge in [0.25, 0.3) is 0 Å². The third-order valence-electron chi connectivity index (χ3n) is 6.46. The number of hydrogen-bond acceptors (Lipinski definition) is 6. The van der Waals surface area contributed by atoms with E-state index in [1.165, 1.54) is 0 Å². The molecule has 1 aromatic carbocycles. The number of aryl methyl sites for hydroxylation is 2. The summed E-state index contributed by atoms with van der Waals surface area (Å²) in [4.78, 5) is 33.6. The molecule has 0 radical (unpaired) electrons. The Labute approximate surface area is 196 Å². The highest BCUT2D eigenvalue weighted by atomic mass is 32.1. The van der Waals surface area contributed by atoms with E-state index in [4.69, 9.17) is 4.52 Å². The number of benzene rings is 1. The number of hydrogen-bond donors (Lipinski definition) is 1. The van der Waals surface area contributed by atoms with Crippen LogP contribution in [0.2, 0.25) is 0 Å². The minimum atomic E-state index is -0.498. The molecule has 2 aromatic heterocycles. The number of fused-ring (bicyclic) bond motifs is 1. The van der Waals surface area contributed by atoms with Gasteiger partial charge in [-0.1, -0.05) is 42.4 Å². The van der Waals surface area contributed by atoms with E-state index in [-0.39, 0.29) is 17.7 Å². The van der Waals surface area contributed by atoms with Crippen LogP contribution in [-0.2, 0) is 16.1 Å². The number of carbonyl (C=O) groups excluding carboxylic acids is 2. The number of amides is 2. The van der Waals surface area contributed by atoms with E-state index < -0.39 is 12.0 Å². The van der Waals surface area contributed by atoms with Gasteiger partial charge in [-0.2, -0.15) is 0 Å². The molecule has 1 N–H and O–H groups in total. The highest BCUT2D eigenvalue weighted by molar-refractivity contribution is 7.13. The van der Waals surface area contributed by atoms with Gasteiger partial charge in [0.15, 0.2) is 0 Å². The third-order valence-corrected chi connectivity index (χ3v) is 7.44. The van der Waals surface area contributed by atoms with Gasteiger partial charge < -0.3 is 14.7 Å². The highest BCUT2D eigenvalue weighted by Crippen LogP contribution is 2.41. The van der Waals surface area contributed by atoms with Crippen molar-refractivity contribution in [3.05, 3.63) is 70.3 Å². The molecule has 2 aliphatic rings. The fourth-order valence-electron chi connectivity index (χ4n) is 4.79. The summed E-state index contributed by atoms with van der Waals surface area (Å²) in [6, 6.07) is 9.45. The molecule has 4 heterocycles. The van der Waals surface area contributed by atoms with Crippen LogP contribution in [0.4, 0.5) is 0 Å². The van der Waals surface area contributed by atoms with Gasteiger partial charge in [0.05, 0.1) is 21.8 Å². The molecule has 3 aromatic rings. The predicted molar refractivity (Wildman–Crippen MR) is 125 cm³/mol. The summed E-state index contributed by atoms with van der Waals surface area (Å²) in [5, 5.41) is 6.97. The second-order valence-electron chi connectivity index (χ2n) is 8.81. The summed E-state index contributed by atoms with van der Waals surface area (Å²) in [6.07, 6.45) is 3.44. The van der Waals surface area contributed by atoms with Crippen molar-refractivity contribution in [1.29, 1.82) is 0 Å². The SMILES string of the molecule is Cc1cc(C2C(=O)N3C(=CC2C)CCC3C(=O)NCc2ccc(-c3scnc3C)cc2)on1. The van der Waals surface area contributed by atoms with Crippen LogP contribution >= 0.6 is 11.3 Å². The third kappa shape index (κ3) is 3.99. The fourth-order valence-corrected chi connectivity index (χ4v) is 5.60. The zero-order chi connectivity index (χ0) is 23.1. The van der Waals surface area contributed by atoms with Crippen LogP contribution in [0.15, 0.2) is 52.1 Å². The molecule has 2 aliphatic heterocycles. The number of thiazole rings is 1. The van der Waals surface area contributed by atoms with Gasteiger partial charge in [-0.25, -0.2) is 4.98 Å². The molecule has 1 fully saturated rings. The van der Waals surface area contributed by atoms with Gasteiger partial charge in [0.2, 0.25) is 11.8 Å². The average Bonchev–Trinajstić information content (AvgIpc) is 3.52. The lowest BCUT2D eigenvalue weighted by Gasteiger charge is -2.34. The second kappa shape index (κ2) is 8.59. The van der Waals surface area contributed by atoms with Crippen molar-refractivity contribution < 1.29 is 14.1 Å². The van der Waals surface area contributed by atoms with Crippen LogP contribution in [0.25, 0.3) is 10.4 Å². The van der Waals surface area contributed by atoms with E-state index in [1.807, 2.05) is 38.4 Å². The van der Waals surface area contributed by atoms with Crippen LogP contribution in [0, 0.1) is 19.8 Å². The number of carbonyl (C=O) groups is 2. The van der Waals surface area contributed by atoms with E-state index in [1.54, 1.807) is 22.3 Å². The summed E-state index contributed by atoms with van der Waals surface area (Å²) in [6.45, 7) is 6.26. The summed E-state index contributed by atoms with van der Waals surface area (Å²) in [7, 11) is 0. The van der Waals surface area contributed by atoms with Crippen molar-refractivity contribution in [2.45, 2.75) is 52.1 Å². The van der Waals surface area contributed by atoms with E-state index in [0.717, 1.165) is 39.5 Å². The molecule has 0 bridgehead atoms. The molecule has 170 valence electrons. The number of rotatable bonds is 5. The van der Waals surface area contributed by atoms with Crippen molar-refractivity contribution in [1.82, 2.24) is 20.4 Å². The van der Waals surface area contributed by atoms with Crippen LogP contribution in [0.1, 0.15) is 48.4 Å². The Kier molecular flexibility index (Phi) is 5.62. The smallest absolute Gasteiger partial charge is 0.243 e. The molecule has 0 aliphatic carbocycles. The summed E-state index contributed by atoms with van der Waals surface area (Å²) in [5.74, 6) is -0.110. The molecular formula is C25H26N4O3S. The molecule has 5 rings (SSSR count). The van der Waals surface area contributed by atoms with Gasteiger partial charge >= 0.3 is 0 Å². The number of nitrogens with zero attached hydrogens (tertiary/aromatic N) is 3.